The van der Waals surface area contributed by atoms with Gasteiger partial charge in [-0.05, 0) is 49.4 Å². The van der Waals surface area contributed by atoms with E-state index in [1.54, 1.807) is 13.0 Å². The second-order valence-corrected chi connectivity index (χ2v) is 9.41. The first kappa shape index (κ1) is 20.9. The van der Waals surface area contributed by atoms with Crippen molar-refractivity contribution in [2.45, 2.75) is 16.7 Å². The first-order valence-electron chi connectivity index (χ1n) is 8.57. The molecule has 0 bridgehead atoms. The van der Waals surface area contributed by atoms with E-state index in [-0.39, 0.29) is 21.4 Å². The van der Waals surface area contributed by atoms with Gasteiger partial charge in [0.2, 0.25) is 0 Å². The molecule has 0 aliphatic carbocycles. The number of nitrogens with zero attached hydrogens (tertiary/aromatic N) is 3. The number of aromatic hydroxyl groups is 1. The molecular formula is C18H14N4O7S2. The summed E-state index contributed by atoms with van der Waals surface area (Å²) in [4.78, 5) is 6.25. The number of imidazole rings is 1. The number of azo groups is 1. The number of aryl methyl sites for hydroxylation is 1. The van der Waals surface area contributed by atoms with Gasteiger partial charge < -0.3 is 10.1 Å². The number of benzene rings is 3. The Balaban J connectivity index is 1.91. The first-order valence-corrected chi connectivity index (χ1v) is 11.4. The van der Waals surface area contributed by atoms with E-state index in [0.717, 1.165) is 18.2 Å². The van der Waals surface area contributed by atoms with Crippen molar-refractivity contribution in [2.24, 2.45) is 10.2 Å². The summed E-state index contributed by atoms with van der Waals surface area (Å²) >= 11 is 0. The Morgan fingerprint density at radius 3 is 2.19 bits per heavy atom. The number of fused-ring (bicyclic) bond motifs is 3. The molecule has 11 nitrogen and oxygen atoms in total. The summed E-state index contributed by atoms with van der Waals surface area (Å²) in [7, 11) is -9.20. The van der Waals surface area contributed by atoms with E-state index >= 15 is 0 Å². The fraction of sp³-hybridized carbons (Fsp3) is 0.0556. The predicted octanol–water partition coefficient (Wildman–Crippen LogP) is 3.64. The standard InChI is InChI=1S/C18H14N4O7S2/c1-9-19-14-7-6-12-13(16(14)20-9)8-15(31(27,28)29)17(18(12)23)22-21-10-2-4-11(5-3-10)30(24,25)26/h2-8,23H,1H3,(H,19,20)(H,24,25,26)(H,27,28,29). The average molecular weight is 462 g/mol. The molecule has 3 aromatic carbocycles. The SMILES string of the molecule is Cc1nc2c(ccc3c(O)c(N=Nc4ccc(S(=O)(=O)O)cc4)c(S(=O)(=O)O)cc32)[nH]1. The molecule has 0 unspecified atom stereocenters. The van der Waals surface area contributed by atoms with Crippen molar-refractivity contribution in [3.63, 3.8) is 0 Å². The van der Waals surface area contributed by atoms with E-state index in [1.165, 1.54) is 18.2 Å². The van der Waals surface area contributed by atoms with Crippen LogP contribution in [-0.2, 0) is 20.2 Å². The molecule has 0 saturated heterocycles. The van der Waals surface area contributed by atoms with Crippen molar-refractivity contribution in [3.8, 4) is 5.75 Å². The fourth-order valence-corrected chi connectivity index (χ4v) is 4.23. The van der Waals surface area contributed by atoms with Gasteiger partial charge in [0.15, 0.2) is 5.75 Å². The van der Waals surface area contributed by atoms with Gasteiger partial charge in [0.25, 0.3) is 20.2 Å². The first-order chi connectivity index (χ1) is 14.4. The molecule has 1 heterocycles. The van der Waals surface area contributed by atoms with Crippen LogP contribution in [0.15, 0.2) is 62.5 Å². The molecular weight excluding hydrogens is 448 g/mol. The van der Waals surface area contributed by atoms with Gasteiger partial charge in [-0.1, -0.05) is 0 Å². The third-order valence-corrected chi connectivity index (χ3v) is 6.21. The maximum Gasteiger partial charge on any atom is 0.296 e. The zero-order chi connectivity index (χ0) is 22.6. The van der Waals surface area contributed by atoms with Crippen LogP contribution in [0.25, 0.3) is 21.8 Å². The molecule has 4 aromatic rings. The van der Waals surface area contributed by atoms with E-state index in [9.17, 15) is 26.5 Å². The van der Waals surface area contributed by atoms with Crippen LogP contribution in [0.3, 0.4) is 0 Å². The normalized spacial score (nSPS) is 12.9. The lowest BCUT2D eigenvalue weighted by molar-refractivity contribution is 0.472. The largest absolute Gasteiger partial charge is 0.505 e. The van der Waals surface area contributed by atoms with E-state index in [0.29, 0.717) is 16.9 Å². The van der Waals surface area contributed by atoms with Gasteiger partial charge in [-0.2, -0.15) is 21.9 Å². The summed E-state index contributed by atoms with van der Waals surface area (Å²) in [6.07, 6.45) is 0. The van der Waals surface area contributed by atoms with Gasteiger partial charge in [-0.3, -0.25) is 9.11 Å². The molecule has 4 N–H and O–H groups in total. The van der Waals surface area contributed by atoms with Gasteiger partial charge in [0, 0.05) is 10.8 Å². The summed E-state index contributed by atoms with van der Waals surface area (Å²) in [5, 5.41) is 18.8. The molecule has 4 rings (SSSR count). The summed E-state index contributed by atoms with van der Waals surface area (Å²) in [5.41, 5.74) is 0.616. The Bertz CT molecular complexity index is 1590. The number of rotatable bonds is 4. The van der Waals surface area contributed by atoms with Crippen molar-refractivity contribution < 1.29 is 31.0 Å². The van der Waals surface area contributed by atoms with Gasteiger partial charge in [-0.25, -0.2) is 4.98 Å². The molecule has 0 saturated carbocycles. The molecule has 1 aromatic heterocycles. The highest BCUT2D eigenvalue weighted by Crippen LogP contribution is 2.43. The Hall–Kier alpha value is -3.39. The van der Waals surface area contributed by atoms with Crippen LogP contribution in [0.5, 0.6) is 5.75 Å². The maximum atomic E-state index is 12.0. The van der Waals surface area contributed by atoms with Crippen molar-refractivity contribution >= 4 is 53.4 Å². The molecule has 0 aliphatic heterocycles. The lowest BCUT2D eigenvalue weighted by Gasteiger charge is -2.09. The summed E-state index contributed by atoms with van der Waals surface area (Å²) < 4.78 is 64.9. The molecule has 13 heteroatoms. The van der Waals surface area contributed by atoms with Crippen LogP contribution >= 0.6 is 0 Å². The Kier molecular flexibility index (Phi) is 4.77. The minimum Gasteiger partial charge on any atom is -0.505 e. The third kappa shape index (κ3) is 3.86. The number of aromatic amines is 1. The second-order valence-electron chi connectivity index (χ2n) is 6.60. The van der Waals surface area contributed by atoms with Crippen LogP contribution in [0.2, 0.25) is 0 Å². The number of hydrogen-bond donors (Lipinski definition) is 4. The highest BCUT2D eigenvalue weighted by Gasteiger charge is 2.23. The fourth-order valence-electron chi connectivity index (χ4n) is 3.10. The van der Waals surface area contributed by atoms with Crippen LogP contribution in [-0.4, -0.2) is 41.0 Å². The van der Waals surface area contributed by atoms with Gasteiger partial charge in [0.1, 0.15) is 16.4 Å². The number of hydrogen-bond acceptors (Lipinski definition) is 8. The van der Waals surface area contributed by atoms with Crippen LogP contribution < -0.4 is 0 Å². The third-order valence-electron chi connectivity index (χ3n) is 4.48. The lowest BCUT2D eigenvalue weighted by Crippen LogP contribution is -1.99. The minimum atomic E-state index is -4.80. The molecule has 0 spiro atoms. The highest BCUT2D eigenvalue weighted by atomic mass is 32.2. The van der Waals surface area contributed by atoms with Crippen molar-refractivity contribution in [2.75, 3.05) is 0 Å². The van der Waals surface area contributed by atoms with Gasteiger partial charge >= 0.3 is 0 Å². The topological polar surface area (TPSA) is 182 Å². The number of H-pyrrole nitrogens is 1. The van der Waals surface area contributed by atoms with Gasteiger partial charge in [0.05, 0.1) is 21.6 Å². The predicted molar refractivity (Wildman–Crippen MR) is 110 cm³/mol. The number of phenols is 1. The smallest absolute Gasteiger partial charge is 0.296 e. The Labute approximate surface area is 175 Å². The van der Waals surface area contributed by atoms with E-state index in [4.69, 9.17) is 4.55 Å². The van der Waals surface area contributed by atoms with Crippen LogP contribution in [0, 0.1) is 6.92 Å². The molecule has 0 atom stereocenters. The molecule has 0 amide bonds. The minimum absolute atomic E-state index is 0.103. The second kappa shape index (κ2) is 7.09. The van der Waals surface area contributed by atoms with E-state index in [1.807, 2.05) is 0 Å². The Morgan fingerprint density at radius 2 is 1.58 bits per heavy atom. The van der Waals surface area contributed by atoms with Crippen LogP contribution in [0.4, 0.5) is 11.4 Å². The zero-order valence-corrected chi connectivity index (χ0v) is 17.3. The van der Waals surface area contributed by atoms with Crippen molar-refractivity contribution in [1.82, 2.24) is 9.97 Å². The number of nitrogens with one attached hydrogen (secondary N) is 1. The molecule has 0 fully saturated rings. The van der Waals surface area contributed by atoms with Crippen molar-refractivity contribution in [3.05, 3.63) is 48.3 Å². The maximum absolute atomic E-state index is 12.0. The van der Waals surface area contributed by atoms with E-state index < -0.39 is 36.6 Å². The summed E-state index contributed by atoms with van der Waals surface area (Å²) in [5.74, 6) is 0.0403. The molecule has 0 radical (unpaired) electrons. The Morgan fingerprint density at radius 1 is 0.903 bits per heavy atom. The highest BCUT2D eigenvalue weighted by molar-refractivity contribution is 7.86. The zero-order valence-electron chi connectivity index (χ0n) is 15.7. The monoisotopic (exact) mass is 462 g/mol. The molecule has 160 valence electrons. The van der Waals surface area contributed by atoms with Crippen molar-refractivity contribution in [1.29, 1.82) is 0 Å². The average Bonchev–Trinajstić information content (AvgIpc) is 3.06. The molecule has 31 heavy (non-hydrogen) atoms. The lowest BCUT2D eigenvalue weighted by atomic mass is 10.1. The quantitative estimate of drug-likeness (QED) is 0.262. The summed E-state index contributed by atoms with van der Waals surface area (Å²) in [6.45, 7) is 1.71. The molecule has 0 aliphatic rings. The summed E-state index contributed by atoms with van der Waals surface area (Å²) in [6, 6.07) is 8.91. The number of phenolic OH excluding ortho intramolecular Hbond substituents is 1. The van der Waals surface area contributed by atoms with Gasteiger partial charge in [-0.15, -0.1) is 5.11 Å². The van der Waals surface area contributed by atoms with Crippen LogP contribution in [0.1, 0.15) is 5.82 Å². The number of aromatic nitrogens is 2. The van der Waals surface area contributed by atoms with E-state index in [2.05, 4.69) is 20.2 Å².